The Labute approximate surface area is 199 Å². The molecule has 3 rings (SSSR count). The summed E-state index contributed by atoms with van der Waals surface area (Å²) < 4.78 is 15.9. The maximum absolute atomic E-state index is 12.7. The molecule has 0 radical (unpaired) electrons. The molecule has 0 saturated carbocycles. The van der Waals surface area contributed by atoms with Crippen molar-refractivity contribution in [2.24, 2.45) is 5.92 Å². The lowest BCUT2D eigenvalue weighted by Gasteiger charge is -2.31. The number of hydrogen-bond donors (Lipinski definition) is 2. The Morgan fingerprint density at radius 2 is 1.76 bits per heavy atom. The number of rotatable bonds is 7. The molecule has 176 valence electrons. The molecule has 0 spiro atoms. The normalized spacial score (nSPS) is 13.4. The standard InChI is InChI=1S/C24H29N3O5S/c1-16(2)15-32-19-7-4-17(5-8-19)22(28)26-24(33)25-20-14-18(23(29)30-3)6-9-21(20)27-10-12-31-13-11-27/h4-9,14,16H,10-13,15H2,1-3H3,(H2,25,26,28,33). The minimum atomic E-state index is -0.457. The lowest BCUT2D eigenvalue weighted by Crippen LogP contribution is -2.38. The van der Waals surface area contributed by atoms with Crippen molar-refractivity contribution in [3.8, 4) is 5.75 Å². The zero-order chi connectivity index (χ0) is 23.8. The van der Waals surface area contributed by atoms with E-state index in [1.165, 1.54) is 7.11 Å². The minimum Gasteiger partial charge on any atom is -0.493 e. The van der Waals surface area contributed by atoms with Gasteiger partial charge in [0.05, 0.1) is 43.9 Å². The summed E-state index contributed by atoms with van der Waals surface area (Å²) in [6.45, 7) is 7.37. The first-order valence-electron chi connectivity index (χ1n) is 10.8. The van der Waals surface area contributed by atoms with Crippen molar-refractivity contribution in [3.05, 3.63) is 53.6 Å². The largest absolute Gasteiger partial charge is 0.493 e. The molecule has 2 aromatic carbocycles. The Morgan fingerprint density at radius 3 is 2.39 bits per heavy atom. The fourth-order valence-electron chi connectivity index (χ4n) is 3.26. The molecule has 1 saturated heterocycles. The number of benzene rings is 2. The summed E-state index contributed by atoms with van der Waals surface area (Å²) in [6, 6.07) is 12.1. The monoisotopic (exact) mass is 471 g/mol. The van der Waals surface area contributed by atoms with Crippen LogP contribution >= 0.6 is 12.2 Å². The summed E-state index contributed by atoms with van der Waals surface area (Å²) >= 11 is 5.38. The maximum Gasteiger partial charge on any atom is 0.337 e. The van der Waals surface area contributed by atoms with Crippen LogP contribution in [0, 0.1) is 5.92 Å². The Balaban J connectivity index is 1.70. The highest BCUT2D eigenvalue weighted by atomic mass is 32.1. The summed E-state index contributed by atoms with van der Waals surface area (Å²) in [5.74, 6) is 0.313. The Bertz CT molecular complexity index is 988. The van der Waals surface area contributed by atoms with Gasteiger partial charge in [-0.3, -0.25) is 10.1 Å². The molecule has 1 aliphatic rings. The minimum absolute atomic E-state index is 0.122. The number of morpholine rings is 1. The molecule has 1 fully saturated rings. The van der Waals surface area contributed by atoms with E-state index in [9.17, 15) is 9.59 Å². The van der Waals surface area contributed by atoms with Crippen LogP contribution in [-0.4, -0.2) is 57.0 Å². The third-order valence-corrected chi connectivity index (χ3v) is 5.15. The molecule has 1 aliphatic heterocycles. The summed E-state index contributed by atoms with van der Waals surface area (Å²) in [7, 11) is 1.33. The highest BCUT2D eigenvalue weighted by molar-refractivity contribution is 7.80. The van der Waals surface area contributed by atoms with E-state index in [1.54, 1.807) is 36.4 Å². The summed E-state index contributed by atoms with van der Waals surface area (Å²) in [5.41, 5.74) is 2.28. The van der Waals surface area contributed by atoms with Gasteiger partial charge >= 0.3 is 5.97 Å². The van der Waals surface area contributed by atoms with E-state index in [-0.39, 0.29) is 11.0 Å². The predicted octanol–water partition coefficient (Wildman–Crippen LogP) is 3.47. The maximum atomic E-state index is 12.7. The van der Waals surface area contributed by atoms with Crippen LogP contribution in [0.25, 0.3) is 0 Å². The Morgan fingerprint density at radius 1 is 1.09 bits per heavy atom. The molecular weight excluding hydrogens is 442 g/mol. The van der Waals surface area contributed by atoms with Crippen molar-refractivity contribution in [2.45, 2.75) is 13.8 Å². The third kappa shape index (κ3) is 6.90. The van der Waals surface area contributed by atoms with E-state index in [2.05, 4.69) is 29.4 Å². The molecule has 9 heteroatoms. The number of carbonyl (C=O) groups excluding carboxylic acids is 2. The first-order valence-corrected chi connectivity index (χ1v) is 11.2. The zero-order valence-corrected chi connectivity index (χ0v) is 19.9. The van der Waals surface area contributed by atoms with Gasteiger partial charge in [-0.1, -0.05) is 13.8 Å². The van der Waals surface area contributed by atoms with Gasteiger partial charge in [0.25, 0.3) is 5.91 Å². The van der Waals surface area contributed by atoms with Crippen molar-refractivity contribution in [3.63, 3.8) is 0 Å². The molecule has 0 aromatic heterocycles. The van der Waals surface area contributed by atoms with Gasteiger partial charge < -0.3 is 24.4 Å². The van der Waals surface area contributed by atoms with Crippen molar-refractivity contribution in [1.82, 2.24) is 5.32 Å². The van der Waals surface area contributed by atoms with Gasteiger partial charge in [0.2, 0.25) is 0 Å². The van der Waals surface area contributed by atoms with Gasteiger partial charge in [-0.25, -0.2) is 4.79 Å². The van der Waals surface area contributed by atoms with Gasteiger partial charge in [-0.2, -0.15) is 0 Å². The number of anilines is 2. The topological polar surface area (TPSA) is 89.1 Å². The molecule has 8 nitrogen and oxygen atoms in total. The van der Waals surface area contributed by atoms with Crippen molar-refractivity contribution in [2.75, 3.05) is 50.2 Å². The lowest BCUT2D eigenvalue weighted by atomic mass is 10.1. The van der Waals surface area contributed by atoms with Gasteiger partial charge in [0.15, 0.2) is 5.11 Å². The van der Waals surface area contributed by atoms with Crippen LogP contribution in [-0.2, 0) is 9.47 Å². The van der Waals surface area contributed by atoms with E-state index in [4.69, 9.17) is 26.4 Å². The third-order valence-electron chi connectivity index (χ3n) is 4.94. The number of nitrogens with zero attached hydrogens (tertiary/aromatic N) is 1. The van der Waals surface area contributed by atoms with E-state index >= 15 is 0 Å². The second kappa shape index (κ2) is 11.6. The molecular formula is C24H29N3O5S. The van der Waals surface area contributed by atoms with E-state index in [0.29, 0.717) is 61.4 Å². The highest BCUT2D eigenvalue weighted by Gasteiger charge is 2.18. The molecule has 0 bridgehead atoms. The van der Waals surface area contributed by atoms with E-state index < -0.39 is 5.97 Å². The quantitative estimate of drug-likeness (QED) is 0.469. The number of esters is 1. The smallest absolute Gasteiger partial charge is 0.337 e. The van der Waals surface area contributed by atoms with E-state index in [1.807, 2.05) is 6.07 Å². The lowest BCUT2D eigenvalue weighted by molar-refractivity contribution is 0.0600. The Hall–Kier alpha value is -3.17. The number of nitrogens with one attached hydrogen (secondary N) is 2. The van der Waals surface area contributed by atoms with Crippen LogP contribution in [0.5, 0.6) is 5.75 Å². The van der Waals surface area contributed by atoms with Crippen LogP contribution in [0.3, 0.4) is 0 Å². The molecule has 0 aliphatic carbocycles. The molecule has 2 aromatic rings. The number of amides is 1. The van der Waals surface area contributed by atoms with Gasteiger partial charge in [-0.15, -0.1) is 0 Å². The van der Waals surface area contributed by atoms with Crippen molar-refractivity contribution in [1.29, 1.82) is 0 Å². The van der Waals surface area contributed by atoms with Crippen LogP contribution < -0.4 is 20.3 Å². The average Bonchev–Trinajstić information content (AvgIpc) is 2.83. The molecule has 0 unspecified atom stereocenters. The second-order valence-electron chi connectivity index (χ2n) is 7.96. The molecule has 33 heavy (non-hydrogen) atoms. The summed E-state index contributed by atoms with van der Waals surface area (Å²) in [6.07, 6.45) is 0. The first-order chi connectivity index (χ1) is 15.9. The molecule has 1 amide bonds. The van der Waals surface area contributed by atoms with Crippen LogP contribution in [0.15, 0.2) is 42.5 Å². The van der Waals surface area contributed by atoms with Crippen LogP contribution in [0.2, 0.25) is 0 Å². The van der Waals surface area contributed by atoms with Gasteiger partial charge in [0.1, 0.15) is 5.75 Å². The predicted molar refractivity (Wildman–Crippen MR) is 131 cm³/mol. The summed E-state index contributed by atoms with van der Waals surface area (Å²) in [4.78, 5) is 26.8. The van der Waals surface area contributed by atoms with Gasteiger partial charge in [0, 0.05) is 18.7 Å². The van der Waals surface area contributed by atoms with Crippen molar-refractivity contribution < 1.29 is 23.8 Å². The number of hydrogen-bond acceptors (Lipinski definition) is 7. The first kappa shape index (κ1) is 24.5. The highest BCUT2D eigenvalue weighted by Crippen LogP contribution is 2.28. The molecule has 0 atom stereocenters. The number of carbonyl (C=O) groups is 2. The Kier molecular flexibility index (Phi) is 8.62. The fourth-order valence-corrected chi connectivity index (χ4v) is 3.46. The average molecular weight is 472 g/mol. The SMILES string of the molecule is COC(=O)c1ccc(N2CCOCC2)c(NC(=S)NC(=O)c2ccc(OCC(C)C)cc2)c1. The fraction of sp³-hybridized carbons (Fsp3) is 0.375. The second-order valence-corrected chi connectivity index (χ2v) is 8.37. The zero-order valence-electron chi connectivity index (χ0n) is 19.1. The number of thiocarbonyl (C=S) groups is 1. The molecule has 1 heterocycles. The molecule has 2 N–H and O–H groups in total. The number of methoxy groups -OCH3 is 1. The van der Waals surface area contributed by atoms with E-state index in [0.717, 1.165) is 5.69 Å². The van der Waals surface area contributed by atoms with Crippen LogP contribution in [0.1, 0.15) is 34.6 Å². The van der Waals surface area contributed by atoms with Crippen LogP contribution in [0.4, 0.5) is 11.4 Å². The number of ether oxygens (including phenoxy) is 3. The van der Waals surface area contributed by atoms with Gasteiger partial charge in [-0.05, 0) is 60.6 Å². The van der Waals surface area contributed by atoms with Crippen molar-refractivity contribution >= 4 is 40.6 Å². The summed E-state index contributed by atoms with van der Waals surface area (Å²) in [5, 5.41) is 5.87.